The van der Waals surface area contributed by atoms with Crippen LogP contribution < -0.4 is 9.62 Å². The molecule has 174 valence electrons. The molecule has 34 heavy (non-hydrogen) atoms. The number of anilines is 2. The van der Waals surface area contributed by atoms with Gasteiger partial charge < -0.3 is 9.80 Å². The van der Waals surface area contributed by atoms with Crippen molar-refractivity contribution in [3.8, 4) is 0 Å². The number of benzene rings is 2. The number of hydrogen-bond acceptors (Lipinski definition) is 7. The molecular formula is C24H23N5O3S2. The number of piperazine rings is 1. The van der Waals surface area contributed by atoms with E-state index < -0.39 is 10.0 Å². The Morgan fingerprint density at radius 3 is 2.44 bits per heavy atom. The van der Waals surface area contributed by atoms with Gasteiger partial charge in [0.2, 0.25) is 5.91 Å². The van der Waals surface area contributed by atoms with Crippen molar-refractivity contribution in [1.29, 1.82) is 0 Å². The minimum atomic E-state index is -3.70. The molecule has 1 saturated heterocycles. The van der Waals surface area contributed by atoms with Gasteiger partial charge in [0.05, 0.1) is 22.5 Å². The number of amides is 1. The highest BCUT2D eigenvalue weighted by Gasteiger charge is 2.23. The summed E-state index contributed by atoms with van der Waals surface area (Å²) in [6.45, 7) is 2.61. The first kappa shape index (κ1) is 22.3. The Morgan fingerprint density at radius 1 is 0.912 bits per heavy atom. The van der Waals surface area contributed by atoms with Crippen molar-refractivity contribution in [2.24, 2.45) is 0 Å². The van der Waals surface area contributed by atoms with Crippen molar-refractivity contribution in [2.45, 2.75) is 11.3 Å². The maximum Gasteiger partial charge on any atom is 0.263 e. The Kier molecular flexibility index (Phi) is 6.16. The van der Waals surface area contributed by atoms with Crippen molar-refractivity contribution in [3.05, 3.63) is 77.8 Å². The van der Waals surface area contributed by atoms with Crippen LogP contribution in [0.15, 0.2) is 77.0 Å². The van der Waals surface area contributed by atoms with Gasteiger partial charge in [0.25, 0.3) is 10.0 Å². The predicted molar refractivity (Wildman–Crippen MR) is 134 cm³/mol. The van der Waals surface area contributed by atoms with Gasteiger partial charge in [0, 0.05) is 36.9 Å². The molecule has 0 atom stereocenters. The number of sulfonamides is 1. The van der Waals surface area contributed by atoms with E-state index in [0.717, 1.165) is 16.7 Å². The van der Waals surface area contributed by atoms with Gasteiger partial charge >= 0.3 is 0 Å². The number of fused-ring (bicyclic) bond motifs is 1. The lowest BCUT2D eigenvalue weighted by molar-refractivity contribution is -0.130. The van der Waals surface area contributed by atoms with E-state index in [-0.39, 0.29) is 22.4 Å². The summed E-state index contributed by atoms with van der Waals surface area (Å²) in [4.78, 5) is 26.1. The molecule has 0 bridgehead atoms. The van der Waals surface area contributed by atoms with E-state index in [1.165, 1.54) is 23.5 Å². The van der Waals surface area contributed by atoms with Crippen LogP contribution in [0.25, 0.3) is 10.9 Å². The summed E-state index contributed by atoms with van der Waals surface area (Å²) in [6.07, 6.45) is 0.137. The number of thiazole rings is 1. The van der Waals surface area contributed by atoms with Crippen LogP contribution in [0.1, 0.15) is 5.69 Å². The van der Waals surface area contributed by atoms with Gasteiger partial charge in [-0.2, -0.15) is 0 Å². The van der Waals surface area contributed by atoms with Gasteiger partial charge in [-0.1, -0.05) is 36.4 Å². The minimum absolute atomic E-state index is 0.0195. The van der Waals surface area contributed by atoms with E-state index in [2.05, 4.69) is 20.7 Å². The lowest BCUT2D eigenvalue weighted by Gasteiger charge is -2.35. The zero-order chi connectivity index (χ0) is 23.5. The Labute approximate surface area is 201 Å². The Balaban J connectivity index is 1.17. The second-order valence-corrected chi connectivity index (χ2v) is 10.5. The maximum absolute atomic E-state index is 12.8. The Morgan fingerprint density at radius 2 is 1.65 bits per heavy atom. The molecule has 0 saturated carbocycles. The molecule has 1 N–H and O–H groups in total. The average molecular weight is 494 g/mol. The fourth-order valence-electron chi connectivity index (χ4n) is 3.89. The summed E-state index contributed by atoms with van der Waals surface area (Å²) in [5, 5.41) is 3.07. The van der Waals surface area contributed by atoms with E-state index in [1.807, 2.05) is 35.2 Å². The first-order chi connectivity index (χ1) is 16.5. The second-order valence-electron chi connectivity index (χ2n) is 7.97. The number of pyridine rings is 1. The maximum atomic E-state index is 12.8. The number of aromatic nitrogens is 2. The van der Waals surface area contributed by atoms with Crippen LogP contribution in [0.4, 0.5) is 10.9 Å². The standard InChI is InChI=1S/C24H23N5O3S2/c30-23(16-19-17-33-24(25-19)27-34(31,32)20-7-2-1-3-8-20)29-14-12-28(13-15-29)22-11-10-18-6-4-5-9-21(18)26-22/h1-11,17H,12-16H2,(H,25,27). The van der Waals surface area contributed by atoms with Crippen molar-refractivity contribution in [1.82, 2.24) is 14.9 Å². The lowest BCUT2D eigenvalue weighted by Crippen LogP contribution is -2.49. The van der Waals surface area contributed by atoms with Crippen LogP contribution in [0, 0.1) is 0 Å². The van der Waals surface area contributed by atoms with Crippen molar-refractivity contribution < 1.29 is 13.2 Å². The fraction of sp³-hybridized carbons (Fsp3) is 0.208. The molecule has 4 aromatic rings. The zero-order valence-corrected chi connectivity index (χ0v) is 19.9. The van der Waals surface area contributed by atoms with Crippen molar-refractivity contribution >= 4 is 49.1 Å². The molecular weight excluding hydrogens is 470 g/mol. The topological polar surface area (TPSA) is 95.5 Å². The van der Waals surface area contributed by atoms with E-state index in [1.54, 1.807) is 23.6 Å². The third kappa shape index (κ3) is 4.87. The van der Waals surface area contributed by atoms with Gasteiger partial charge in [-0.25, -0.2) is 18.4 Å². The second kappa shape index (κ2) is 9.40. The molecule has 2 aromatic carbocycles. The number of carbonyl (C=O) groups excluding carboxylic acids is 1. The fourth-order valence-corrected chi connectivity index (χ4v) is 5.88. The highest BCUT2D eigenvalue weighted by Crippen LogP contribution is 2.22. The monoisotopic (exact) mass is 493 g/mol. The van der Waals surface area contributed by atoms with E-state index in [4.69, 9.17) is 4.98 Å². The molecule has 10 heteroatoms. The highest BCUT2D eigenvalue weighted by molar-refractivity contribution is 7.93. The van der Waals surface area contributed by atoms with Gasteiger partial charge in [-0.3, -0.25) is 9.52 Å². The summed E-state index contributed by atoms with van der Waals surface area (Å²) in [7, 11) is -3.70. The van der Waals surface area contributed by atoms with Crippen LogP contribution in [0.3, 0.4) is 0 Å². The van der Waals surface area contributed by atoms with Gasteiger partial charge in [-0.15, -0.1) is 11.3 Å². The number of nitrogens with zero attached hydrogens (tertiary/aromatic N) is 4. The van der Waals surface area contributed by atoms with Crippen LogP contribution >= 0.6 is 11.3 Å². The minimum Gasteiger partial charge on any atom is -0.353 e. The first-order valence-electron chi connectivity index (χ1n) is 10.9. The Bertz CT molecular complexity index is 1410. The molecule has 1 amide bonds. The summed E-state index contributed by atoms with van der Waals surface area (Å²) in [5.74, 6) is 0.898. The number of nitrogens with one attached hydrogen (secondary N) is 1. The van der Waals surface area contributed by atoms with Crippen LogP contribution in [0.5, 0.6) is 0 Å². The summed E-state index contributed by atoms with van der Waals surface area (Å²) >= 11 is 1.17. The number of carbonyl (C=O) groups is 1. The highest BCUT2D eigenvalue weighted by atomic mass is 32.2. The number of hydrogen-bond donors (Lipinski definition) is 1. The van der Waals surface area contributed by atoms with Crippen molar-refractivity contribution in [3.63, 3.8) is 0 Å². The average Bonchev–Trinajstić information content (AvgIpc) is 3.30. The molecule has 0 spiro atoms. The summed E-state index contributed by atoms with van der Waals surface area (Å²) < 4.78 is 27.4. The SMILES string of the molecule is O=C(Cc1csc(NS(=O)(=O)c2ccccc2)n1)N1CCN(c2ccc3ccccc3n2)CC1. The molecule has 0 unspecified atom stereocenters. The van der Waals surface area contributed by atoms with Crippen LogP contribution in [0.2, 0.25) is 0 Å². The van der Waals surface area contributed by atoms with Crippen LogP contribution in [-0.4, -0.2) is 55.4 Å². The molecule has 0 aliphatic carbocycles. The summed E-state index contributed by atoms with van der Waals surface area (Å²) in [5.41, 5.74) is 1.51. The molecule has 1 aliphatic rings. The molecule has 1 fully saturated rings. The van der Waals surface area contributed by atoms with Crippen LogP contribution in [-0.2, 0) is 21.2 Å². The van der Waals surface area contributed by atoms with E-state index in [9.17, 15) is 13.2 Å². The molecule has 0 radical (unpaired) electrons. The molecule has 2 aromatic heterocycles. The molecule has 5 rings (SSSR count). The lowest BCUT2D eigenvalue weighted by atomic mass is 10.2. The predicted octanol–water partition coefficient (Wildman–Crippen LogP) is 3.38. The largest absolute Gasteiger partial charge is 0.353 e. The molecule has 8 nitrogen and oxygen atoms in total. The summed E-state index contributed by atoms with van der Waals surface area (Å²) in [6, 6.07) is 20.2. The number of rotatable bonds is 6. The first-order valence-corrected chi connectivity index (χ1v) is 13.2. The van der Waals surface area contributed by atoms with Gasteiger partial charge in [0.1, 0.15) is 5.82 Å². The normalized spacial score (nSPS) is 14.4. The van der Waals surface area contributed by atoms with Crippen molar-refractivity contribution in [2.75, 3.05) is 35.8 Å². The van der Waals surface area contributed by atoms with E-state index in [0.29, 0.717) is 31.9 Å². The zero-order valence-electron chi connectivity index (χ0n) is 18.3. The quantitative estimate of drug-likeness (QED) is 0.442. The van der Waals surface area contributed by atoms with E-state index >= 15 is 0 Å². The Hall–Kier alpha value is -3.50. The molecule has 3 heterocycles. The molecule has 1 aliphatic heterocycles. The third-order valence-electron chi connectivity index (χ3n) is 5.70. The third-order valence-corrected chi connectivity index (χ3v) is 7.99. The smallest absolute Gasteiger partial charge is 0.263 e. The number of para-hydroxylation sites is 1. The van der Waals surface area contributed by atoms with Gasteiger partial charge in [0.15, 0.2) is 5.13 Å². The van der Waals surface area contributed by atoms with Gasteiger partial charge in [-0.05, 0) is 30.3 Å².